The van der Waals surface area contributed by atoms with Crippen LogP contribution in [0.25, 0.3) is 0 Å². The summed E-state index contributed by atoms with van der Waals surface area (Å²) in [4.78, 5) is 10.9. The zero-order chi connectivity index (χ0) is 11.2. The monoisotopic (exact) mass is 212 g/mol. The van der Waals surface area contributed by atoms with Crippen molar-refractivity contribution in [2.45, 2.75) is 32.5 Å². The van der Waals surface area contributed by atoms with Gasteiger partial charge in [0.25, 0.3) is 0 Å². The molecule has 0 saturated heterocycles. The molecule has 0 aliphatic heterocycles. The number of nitrogens with one attached hydrogen (secondary N) is 2. The smallest absolute Gasteiger partial charge is 0.354 e. The quantitative estimate of drug-likeness (QED) is 0.669. The lowest BCUT2D eigenvalue weighted by molar-refractivity contribution is -0.127. The fourth-order valence-corrected chi connectivity index (χ4v) is 0.826. The molecule has 0 heterocycles. The van der Waals surface area contributed by atoms with Gasteiger partial charge in [0.2, 0.25) is 5.91 Å². The summed E-state index contributed by atoms with van der Waals surface area (Å²) in [7, 11) is 0. The fourth-order valence-electron chi connectivity index (χ4n) is 0.826. The fraction of sp³-hybridized carbons (Fsp3) is 0.875. The third-order valence-corrected chi connectivity index (χ3v) is 1.30. The van der Waals surface area contributed by atoms with Crippen LogP contribution in [-0.4, -0.2) is 31.2 Å². The van der Waals surface area contributed by atoms with Crippen LogP contribution in [0.1, 0.15) is 20.3 Å². The van der Waals surface area contributed by atoms with Crippen LogP contribution in [0.2, 0.25) is 0 Å². The first-order valence-corrected chi connectivity index (χ1v) is 4.38. The topological polar surface area (TPSA) is 41.1 Å². The van der Waals surface area contributed by atoms with Gasteiger partial charge in [0.05, 0.1) is 6.54 Å². The summed E-state index contributed by atoms with van der Waals surface area (Å²) in [5, 5.41) is 4.72. The van der Waals surface area contributed by atoms with E-state index in [9.17, 15) is 18.0 Å². The Morgan fingerprint density at radius 1 is 1.36 bits per heavy atom. The molecule has 0 bridgehead atoms. The van der Waals surface area contributed by atoms with Crippen LogP contribution >= 0.6 is 0 Å². The first-order valence-electron chi connectivity index (χ1n) is 4.38. The Labute approximate surface area is 81.1 Å². The summed E-state index contributed by atoms with van der Waals surface area (Å²) in [6.07, 6.45) is -4.15. The van der Waals surface area contributed by atoms with E-state index < -0.39 is 12.7 Å². The van der Waals surface area contributed by atoms with Crippen LogP contribution in [-0.2, 0) is 4.79 Å². The van der Waals surface area contributed by atoms with Crippen molar-refractivity contribution in [3.8, 4) is 0 Å². The Morgan fingerprint density at radius 3 is 2.36 bits per heavy atom. The molecule has 0 saturated carbocycles. The molecule has 0 fully saturated rings. The average Bonchev–Trinajstić information content (AvgIpc) is 1.95. The molecule has 0 aromatic heterocycles. The number of alkyl halides is 3. The first-order chi connectivity index (χ1) is 6.31. The van der Waals surface area contributed by atoms with Crippen molar-refractivity contribution < 1.29 is 18.0 Å². The number of hydrogen-bond acceptors (Lipinski definition) is 2. The molecule has 0 atom stereocenters. The molecular weight excluding hydrogens is 197 g/mol. The average molecular weight is 212 g/mol. The second kappa shape index (κ2) is 5.85. The van der Waals surface area contributed by atoms with Crippen molar-refractivity contribution in [3.63, 3.8) is 0 Å². The lowest BCUT2D eigenvalue weighted by Gasteiger charge is -2.10. The van der Waals surface area contributed by atoms with Gasteiger partial charge in [0, 0.05) is 19.0 Å². The van der Waals surface area contributed by atoms with Crippen LogP contribution < -0.4 is 10.6 Å². The van der Waals surface area contributed by atoms with Crippen molar-refractivity contribution in [2.75, 3.05) is 13.1 Å². The molecule has 0 aromatic rings. The maximum absolute atomic E-state index is 11.6. The first kappa shape index (κ1) is 13.2. The minimum atomic E-state index is -4.21. The Hall–Kier alpha value is -0.780. The molecule has 14 heavy (non-hydrogen) atoms. The molecule has 0 aromatic carbocycles. The van der Waals surface area contributed by atoms with Gasteiger partial charge in [0.15, 0.2) is 0 Å². The molecule has 0 radical (unpaired) electrons. The summed E-state index contributed by atoms with van der Waals surface area (Å²) in [6, 6.07) is 0.0186. The van der Waals surface area contributed by atoms with E-state index in [2.05, 4.69) is 10.6 Å². The number of amides is 1. The predicted octanol–water partition coefficient (Wildman–Crippen LogP) is 1.05. The summed E-state index contributed by atoms with van der Waals surface area (Å²) < 4.78 is 34.9. The van der Waals surface area contributed by atoms with E-state index >= 15 is 0 Å². The van der Waals surface area contributed by atoms with Crippen LogP contribution in [0.4, 0.5) is 13.2 Å². The SMILES string of the molecule is CC(C)NC(=O)CCNCC(F)(F)F. The van der Waals surface area contributed by atoms with Crippen molar-refractivity contribution in [2.24, 2.45) is 0 Å². The Bertz CT molecular complexity index is 180. The standard InChI is InChI=1S/C8H15F3N2O/c1-6(2)13-7(14)3-4-12-5-8(9,10)11/h6,12H,3-5H2,1-2H3,(H,13,14). The highest BCUT2D eigenvalue weighted by Crippen LogP contribution is 2.11. The van der Waals surface area contributed by atoms with Crippen LogP contribution in [0.15, 0.2) is 0 Å². The molecule has 0 aliphatic carbocycles. The molecule has 84 valence electrons. The molecule has 0 aliphatic rings. The number of carbonyl (C=O) groups is 1. The molecule has 1 amide bonds. The molecule has 0 unspecified atom stereocenters. The summed E-state index contributed by atoms with van der Waals surface area (Å²) >= 11 is 0. The van der Waals surface area contributed by atoms with E-state index in [0.29, 0.717) is 0 Å². The number of hydrogen-bond donors (Lipinski definition) is 2. The van der Waals surface area contributed by atoms with Gasteiger partial charge in [-0.05, 0) is 13.8 Å². The Morgan fingerprint density at radius 2 is 1.93 bits per heavy atom. The van der Waals surface area contributed by atoms with Crippen molar-refractivity contribution in [1.29, 1.82) is 0 Å². The van der Waals surface area contributed by atoms with Gasteiger partial charge in [0.1, 0.15) is 0 Å². The summed E-state index contributed by atoms with van der Waals surface area (Å²) in [5.41, 5.74) is 0. The highest BCUT2D eigenvalue weighted by Gasteiger charge is 2.26. The molecule has 0 rings (SSSR count). The minimum Gasteiger partial charge on any atom is -0.354 e. The minimum absolute atomic E-state index is 0.0186. The normalized spacial score (nSPS) is 11.9. The number of rotatable bonds is 5. The highest BCUT2D eigenvalue weighted by atomic mass is 19.4. The molecular formula is C8H15F3N2O. The van der Waals surface area contributed by atoms with E-state index in [1.807, 2.05) is 0 Å². The maximum atomic E-state index is 11.6. The van der Waals surface area contributed by atoms with E-state index in [4.69, 9.17) is 0 Å². The van der Waals surface area contributed by atoms with Gasteiger partial charge >= 0.3 is 6.18 Å². The third-order valence-electron chi connectivity index (χ3n) is 1.30. The second-order valence-corrected chi connectivity index (χ2v) is 3.26. The van der Waals surface area contributed by atoms with Crippen molar-refractivity contribution >= 4 is 5.91 Å². The molecule has 2 N–H and O–H groups in total. The van der Waals surface area contributed by atoms with Crippen LogP contribution in [0, 0.1) is 0 Å². The van der Waals surface area contributed by atoms with Gasteiger partial charge in [-0.2, -0.15) is 13.2 Å². The van der Waals surface area contributed by atoms with Crippen LogP contribution in [0.5, 0.6) is 0 Å². The molecule has 6 heteroatoms. The van der Waals surface area contributed by atoms with Gasteiger partial charge < -0.3 is 10.6 Å². The van der Waals surface area contributed by atoms with Gasteiger partial charge in [-0.15, -0.1) is 0 Å². The number of carbonyl (C=O) groups excluding carboxylic acids is 1. The van der Waals surface area contributed by atoms with Gasteiger partial charge in [-0.1, -0.05) is 0 Å². The third kappa shape index (κ3) is 9.31. The van der Waals surface area contributed by atoms with Gasteiger partial charge in [-0.25, -0.2) is 0 Å². The van der Waals surface area contributed by atoms with E-state index in [0.717, 1.165) is 0 Å². The predicted molar refractivity (Wildman–Crippen MR) is 46.8 cm³/mol. The number of halogens is 3. The van der Waals surface area contributed by atoms with Gasteiger partial charge in [-0.3, -0.25) is 4.79 Å². The summed E-state index contributed by atoms with van der Waals surface area (Å²) in [6.45, 7) is 2.57. The zero-order valence-corrected chi connectivity index (χ0v) is 8.24. The van der Waals surface area contributed by atoms with E-state index in [-0.39, 0.29) is 24.9 Å². The molecule has 0 spiro atoms. The van der Waals surface area contributed by atoms with E-state index in [1.54, 1.807) is 13.8 Å². The van der Waals surface area contributed by atoms with E-state index in [1.165, 1.54) is 0 Å². The largest absolute Gasteiger partial charge is 0.401 e. The Balaban J connectivity index is 3.41. The Kier molecular flexibility index (Phi) is 5.52. The van der Waals surface area contributed by atoms with Crippen LogP contribution in [0.3, 0.4) is 0 Å². The van der Waals surface area contributed by atoms with Crippen molar-refractivity contribution in [3.05, 3.63) is 0 Å². The second-order valence-electron chi connectivity index (χ2n) is 3.26. The summed E-state index contributed by atoms with van der Waals surface area (Å²) in [5.74, 6) is -0.241. The van der Waals surface area contributed by atoms with Crippen molar-refractivity contribution in [1.82, 2.24) is 10.6 Å². The highest BCUT2D eigenvalue weighted by molar-refractivity contribution is 5.76. The maximum Gasteiger partial charge on any atom is 0.401 e. The lowest BCUT2D eigenvalue weighted by atomic mass is 10.3. The lowest BCUT2D eigenvalue weighted by Crippen LogP contribution is -2.35. The molecule has 3 nitrogen and oxygen atoms in total. The zero-order valence-electron chi connectivity index (χ0n) is 8.24.